The molecule has 2 aromatic carbocycles. The lowest BCUT2D eigenvalue weighted by atomic mass is 10.2. The SMILES string of the molecule is CC(C)n1c(/C(N)=C(\O)c2nc3ccccc3n2C(C)C)nc2ccccc21. The first-order valence-corrected chi connectivity index (χ1v) is 9.53. The van der Waals surface area contributed by atoms with E-state index in [0.29, 0.717) is 11.6 Å². The molecule has 0 spiro atoms. The molecule has 4 rings (SSSR count). The minimum absolute atomic E-state index is 0.0536. The van der Waals surface area contributed by atoms with Crippen molar-refractivity contribution in [2.75, 3.05) is 0 Å². The highest BCUT2D eigenvalue weighted by Crippen LogP contribution is 2.30. The maximum absolute atomic E-state index is 11.1. The van der Waals surface area contributed by atoms with Gasteiger partial charge in [0.25, 0.3) is 0 Å². The highest BCUT2D eigenvalue weighted by molar-refractivity contribution is 5.88. The number of benzene rings is 2. The van der Waals surface area contributed by atoms with Gasteiger partial charge in [-0.2, -0.15) is 0 Å². The summed E-state index contributed by atoms with van der Waals surface area (Å²) in [5, 5.41) is 11.1. The molecule has 2 heterocycles. The van der Waals surface area contributed by atoms with E-state index < -0.39 is 0 Å². The van der Waals surface area contributed by atoms with Crippen molar-refractivity contribution in [2.45, 2.75) is 39.8 Å². The zero-order chi connectivity index (χ0) is 20.0. The molecule has 0 bridgehead atoms. The van der Waals surface area contributed by atoms with Crippen LogP contribution in [0.15, 0.2) is 48.5 Å². The van der Waals surface area contributed by atoms with Crippen molar-refractivity contribution in [3.63, 3.8) is 0 Å². The van der Waals surface area contributed by atoms with E-state index in [1.165, 1.54) is 0 Å². The number of rotatable bonds is 4. The Morgan fingerprint density at radius 3 is 1.71 bits per heavy atom. The van der Waals surface area contributed by atoms with E-state index in [-0.39, 0.29) is 23.5 Å². The largest absolute Gasteiger partial charge is 0.503 e. The Balaban J connectivity index is 1.98. The Bertz CT molecular complexity index is 1100. The third-order valence-corrected chi connectivity index (χ3v) is 4.93. The molecule has 28 heavy (non-hydrogen) atoms. The lowest BCUT2D eigenvalue weighted by molar-refractivity contribution is 0.489. The molecule has 144 valence electrons. The van der Waals surface area contributed by atoms with E-state index in [0.717, 1.165) is 22.1 Å². The summed E-state index contributed by atoms with van der Waals surface area (Å²) >= 11 is 0. The van der Waals surface area contributed by atoms with Crippen molar-refractivity contribution in [3.05, 3.63) is 60.2 Å². The molecule has 0 fully saturated rings. The monoisotopic (exact) mass is 375 g/mol. The van der Waals surface area contributed by atoms with Gasteiger partial charge in [0.15, 0.2) is 17.4 Å². The van der Waals surface area contributed by atoms with Crippen LogP contribution in [0.1, 0.15) is 51.4 Å². The van der Waals surface area contributed by atoms with Gasteiger partial charge in [0, 0.05) is 12.1 Å². The summed E-state index contributed by atoms with van der Waals surface area (Å²) in [5.41, 5.74) is 10.3. The molecular formula is C22H25N5O. The van der Waals surface area contributed by atoms with Crippen LogP contribution in [0.2, 0.25) is 0 Å². The molecule has 0 saturated heterocycles. The van der Waals surface area contributed by atoms with Gasteiger partial charge in [-0.1, -0.05) is 24.3 Å². The van der Waals surface area contributed by atoms with Gasteiger partial charge in [-0.3, -0.25) is 0 Å². The third-order valence-electron chi connectivity index (χ3n) is 4.93. The van der Waals surface area contributed by atoms with Gasteiger partial charge in [-0.15, -0.1) is 0 Å². The van der Waals surface area contributed by atoms with Crippen molar-refractivity contribution in [1.82, 2.24) is 19.1 Å². The first-order valence-electron chi connectivity index (χ1n) is 9.53. The number of hydrogen-bond acceptors (Lipinski definition) is 4. The second-order valence-electron chi connectivity index (χ2n) is 7.54. The zero-order valence-electron chi connectivity index (χ0n) is 16.6. The molecule has 6 nitrogen and oxygen atoms in total. The second-order valence-corrected chi connectivity index (χ2v) is 7.54. The van der Waals surface area contributed by atoms with Crippen molar-refractivity contribution < 1.29 is 5.11 Å². The predicted molar refractivity (Wildman–Crippen MR) is 114 cm³/mol. The van der Waals surface area contributed by atoms with E-state index in [4.69, 9.17) is 10.7 Å². The number of fused-ring (bicyclic) bond motifs is 2. The number of nitrogens with two attached hydrogens (primary N) is 1. The summed E-state index contributed by atoms with van der Waals surface area (Å²) in [6.07, 6.45) is 0. The topological polar surface area (TPSA) is 81.9 Å². The van der Waals surface area contributed by atoms with Crippen LogP contribution in [-0.2, 0) is 0 Å². The lowest BCUT2D eigenvalue weighted by Crippen LogP contribution is -2.14. The first-order chi connectivity index (χ1) is 13.4. The Morgan fingerprint density at radius 1 is 0.786 bits per heavy atom. The molecule has 0 unspecified atom stereocenters. The number of hydrogen-bond donors (Lipinski definition) is 2. The van der Waals surface area contributed by atoms with Crippen LogP contribution >= 0.6 is 0 Å². The van der Waals surface area contributed by atoms with E-state index in [2.05, 4.69) is 32.7 Å². The van der Waals surface area contributed by atoms with E-state index in [9.17, 15) is 5.11 Å². The number of aliphatic hydroxyl groups is 1. The highest BCUT2D eigenvalue weighted by atomic mass is 16.3. The van der Waals surface area contributed by atoms with Gasteiger partial charge in [0.05, 0.1) is 22.1 Å². The van der Waals surface area contributed by atoms with Crippen LogP contribution < -0.4 is 5.73 Å². The average Bonchev–Trinajstić information content (AvgIpc) is 3.25. The molecule has 0 aliphatic carbocycles. The molecule has 3 N–H and O–H groups in total. The van der Waals surface area contributed by atoms with Gasteiger partial charge in [-0.05, 0) is 52.0 Å². The van der Waals surface area contributed by atoms with Crippen LogP contribution in [0.3, 0.4) is 0 Å². The fourth-order valence-corrected chi connectivity index (χ4v) is 3.72. The van der Waals surface area contributed by atoms with Crippen LogP contribution in [0.25, 0.3) is 33.5 Å². The average molecular weight is 375 g/mol. The van der Waals surface area contributed by atoms with Gasteiger partial charge >= 0.3 is 0 Å². The van der Waals surface area contributed by atoms with Gasteiger partial charge in [-0.25, -0.2) is 9.97 Å². The quantitative estimate of drug-likeness (QED) is 0.498. The van der Waals surface area contributed by atoms with E-state index in [1.54, 1.807) is 0 Å². The number of imidazole rings is 2. The van der Waals surface area contributed by atoms with Crippen LogP contribution in [0.4, 0.5) is 0 Å². The summed E-state index contributed by atoms with van der Waals surface area (Å²) in [6, 6.07) is 16.0. The number of para-hydroxylation sites is 4. The molecule has 0 aliphatic heterocycles. The molecular weight excluding hydrogens is 350 g/mol. The molecule has 2 aromatic heterocycles. The normalized spacial score (nSPS) is 13.1. The fraction of sp³-hybridized carbons (Fsp3) is 0.273. The zero-order valence-corrected chi connectivity index (χ0v) is 16.6. The minimum Gasteiger partial charge on any atom is -0.503 e. The van der Waals surface area contributed by atoms with Gasteiger partial charge < -0.3 is 20.0 Å². The van der Waals surface area contributed by atoms with Crippen LogP contribution in [0.5, 0.6) is 0 Å². The van der Waals surface area contributed by atoms with Crippen molar-refractivity contribution in [2.24, 2.45) is 5.73 Å². The van der Waals surface area contributed by atoms with Gasteiger partial charge in [0.2, 0.25) is 0 Å². The summed E-state index contributed by atoms with van der Waals surface area (Å²) in [7, 11) is 0. The Morgan fingerprint density at radius 2 is 1.21 bits per heavy atom. The number of aromatic nitrogens is 4. The fourth-order valence-electron chi connectivity index (χ4n) is 3.72. The molecule has 0 atom stereocenters. The lowest BCUT2D eigenvalue weighted by Gasteiger charge is -2.16. The molecule has 0 saturated carbocycles. The smallest absolute Gasteiger partial charge is 0.186 e. The van der Waals surface area contributed by atoms with E-state index in [1.807, 2.05) is 57.7 Å². The van der Waals surface area contributed by atoms with Crippen LogP contribution in [0, 0.1) is 0 Å². The molecule has 0 aliphatic rings. The summed E-state index contributed by atoms with van der Waals surface area (Å²) < 4.78 is 4.04. The Kier molecular flexibility index (Phi) is 4.34. The summed E-state index contributed by atoms with van der Waals surface area (Å²) in [4.78, 5) is 9.34. The summed E-state index contributed by atoms with van der Waals surface area (Å²) in [5.74, 6) is 0.953. The molecule has 0 amide bonds. The highest BCUT2D eigenvalue weighted by Gasteiger charge is 2.23. The van der Waals surface area contributed by atoms with Crippen molar-refractivity contribution in [3.8, 4) is 0 Å². The van der Waals surface area contributed by atoms with Crippen molar-refractivity contribution in [1.29, 1.82) is 0 Å². The van der Waals surface area contributed by atoms with Crippen LogP contribution in [-0.4, -0.2) is 24.2 Å². The Hall–Kier alpha value is -3.28. The molecule has 4 aromatic rings. The summed E-state index contributed by atoms with van der Waals surface area (Å²) in [6.45, 7) is 8.27. The predicted octanol–water partition coefficient (Wildman–Crippen LogP) is 4.89. The molecule has 0 radical (unpaired) electrons. The third kappa shape index (κ3) is 2.72. The van der Waals surface area contributed by atoms with E-state index >= 15 is 0 Å². The number of aliphatic hydroxyl groups excluding tert-OH is 1. The standard InChI is InChI=1S/C22H25N5O/c1-13(2)26-17-11-7-5-9-15(17)24-21(26)19(23)20(28)22-25-16-10-6-8-12-18(16)27(22)14(3)4/h5-14,28H,23H2,1-4H3/b20-19+. The second kappa shape index (κ2) is 6.71. The first kappa shape index (κ1) is 18.1. The minimum atomic E-state index is -0.0536. The van der Waals surface area contributed by atoms with Crippen molar-refractivity contribution >= 4 is 33.5 Å². The molecule has 6 heteroatoms. The maximum Gasteiger partial charge on any atom is 0.186 e. The number of nitrogens with zero attached hydrogens (tertiary/aromatic N) is 4. The Labute approximate surface area is 163 Å². The maximum atomic E-state index is 11.1. The van der Waals surface area contributed by atoms with Gasteiger partial charge in [0.1, 0.15) is 5.70 Å².